The molecule has 16 heavy (non-hydrogen) atoms. The molecule has 1 rings (SSSR count). The van der Waals surface area contributed by atoms with Crippen LogP contribution in [-0.4, -0.2) is 5.11 Å². The number of halogens is 5. The van der Waals surface area contributed by atoms with E-state index < -0.39 is 41.0 Å². The second-order valence-electron chi connectivity index (χ2n) is 2.94. The summed E-state index contributed by atoms with van der Waals surface area (Å²) in [5, 5.41) is 8.58. The van der Waals surface area contributed by atoms with Gasteiger partial charge in [-0.25, -0.2) is 17.6 Å². The van der Waals surface area contributed by atoms with Crippen molar-refractivity contribution in [2.45, 2.75) is 13.0 Å². The van der Waals surface area contributed by atoms with E-state index in [1.807, 2.05) is 0 Å². The van der Waals surface area contributed by atoms with Crippen LogP contribution in [0.4, 0.5) is 17.6 Å². The first-order valence-electron chi connectivity index (χ1n) is 4.24. The molecule has 0 fully saturated rings. The fourth-order valence-electron chi connectivity index (χ4n) is 1.20. The molecule has 1 aromatic rings. The molecule has 0 bridgehead atoms. The summed E-state index contributed by atoms with van der Waals surface area (Å²) in [6.07, 6.45) is 1.00. The first kappa shape index (κ1) is 13.2. The molecule has 1 aromatic carbocycles. The Balaban J connectivity index is 3.40. The molecule has 0 amide bonds. The quantitative estimate of drug-likeness (QED) is 0.671. The van der Waals surface area contributed by atoms with Gasteiger partial charge in [-0.3, -0.25) is 0 Å². The van der Waals surface area contributed by atoms with Crippen LogP contribution in [0.5, 0.6) is 0 Å². The molecule has 0 aliphatic carbocycles. The molecule has 0 unspecified atom stereocenters. The molecule has 88 valence electrons. The van der Waals surface area contributed by atoms with E-state index in [1.54, 1.807) is 0 Å². The Labute approximate surface area is 97.5 Å². The first-order chi connectivity index (χ1) is 7.54. The maximum absolute atomic E-state index is 13.3. The zero-order chi connectivity index (χ0) is 12.3. The summed E-state index contributed by atoms with van der Waals surface area (Å²) in [5.41, 5.74) is -1.70. The molecule has 1 nitrogen and oxygen atoms in total. The van der Waals surface area contributed by atoms with E-state index >= 15 is 0 Å². The van der Waals surface area contributed by atoms with Crippen molar-refractivity contribution in [2.24, 2.45) is 0 Å². The van der Waals surface area contributed by atoms with Gasteiger partial charge in [0, 0.05) is 5.56 Å². The van der Waals surface area contributed by atoms with Crippen molar-refractivity contribution in [1.82, 2.24) is 0 Å². The molecule has 0 saturated carbocycles. The molecule has 0 radical (unpaired) electrons. The lowest BCUT2D eigenvalue weighted by Crippen LogP contribution is -2.08. The lowest BCUT2D eigenvalue weighted by molar-refractivity contribution is 0.262. The monoisotopic (exact) mass is 298 g/mol. The predicted octanol–water partition coefficient (Wildman–Crippen LogP) is 3.19. The Hall–Kier alpha value is -0.880. The standard InChI is InChI=1S/C10H7BrF4O/c11-3-1-2-5-7(12)9(14)6(4-16)10(15)8(5)13/h1,3,16H,2,4H2. The van der Waals surface area contributed by atoms with Crippen molar-refractivity contribution in [2.75, 3.05) is 0 Å². The van der Waals surface area contributed by atoms with Crippen LogP contribution >= 0.6 is 15.9 Å². The molecule has 0 heterocycles. The smallest absolute Gasteiger partial charge is 0.167 e. The number of benzene rings is 1. The third-order valence-electron chi connectivity index (χ3n) is 2.01. The fraction of sp³-hybridized carbons (Fsp3) is 0.200. The molecule has 1 N–H and O–H groups in total. The summed E-state index contributed by atoms with van der Waals surface area (Å²) in [6, 6.07) is 0. The average Bonchev–Trinajstić information content (AvgIpc) is 2.27. The molecule has 0 aliphatic heterocycles. The van der Waals surface area contributed by atoms with Crippen LogP contribution in [0.15, 0.2) is 11.1 Å². The Morgan fingerprint density at radius 3 is 1.75 bits per heavy atom. The molecule has 0 aromatic heterocycles. The summed E-state index contributed by atoms with van der Waals surface area (Å²) < 4.78 is 52.8. The maximum Gasteiger partial charge on any atom is 0.167 e. The fourth-order valence-corrected chi connectivity index (χ4v) is 1.39. The normalized spacial score (nSPS) is 11.4. The minimum atomic E-state index is -1.56. The van der Waals surface area contributed by atoms with Gasteiger partial charge < -0.3 is 5.11 Å². The number of hydrogen-bond acceptors (Lipinski definition) is 1. The third-order valence-corrected chi connectivity index (χ3v) is 2.39. The van der Waals surface area contributed by atoms with Crippen LogP contribution in [0, 0.1) is 23.3 Å². The van der Waals surface area contributed by atoms with E-state index in [-0.39, 0.29) is 6.42 Å². The van der Waals surface area contributed by atoms with Crippen LogP contribution in [0.1, 0.15) is 11.1 Å². The lowest BCUT2D eigenvalue weighted by atomic mass is 10.1. The van der Waals surface area contributed by atoms with Gasteiger partial charge in [-0.15, -0.1) is 0 Å². The molecule has 0 atom stereocenters. The van der Waals surface area contributed by atoms with Crippen molar-refractivity contribution in [1.29, 1.82) is 0 Å². The highest BCUT2D eigenvalue weighted by atomic mass is 79.9. The van der Waals surface area contributed by atoms with Crippen molar-refractivity contribution in [3.8, 4) is 0 Å². The van der Waals surface area contributed by atoms with Gasteiger partial charge in [0.25, 0.3) is 0 Å². The Morgan fingerprint density at radius 1 is 0.938 bits per heavy atom. The van der Waals surface area contributed by atoms with E-state index in [0.717, 1.165) is 0 Å². The maximum atomic E-state index is 13.3. The zero-order valence-electron chi connectivity index (χ0n) is 7.91. The van der Waals surface area contributed by atoms with Crippen LogP contribution in [0.25, 0.3) is 0 Å². The van der Waals surface area contributed by atoms with Crippen molar-refractivity contribution >= 4 is 15.9 Å². The summed E-state index contributed by atoms with van der Waals surface area (Å²) >= 11 is 2.87. The molecular formula is C10H7BrF4O. The topological polar surface area (TPSA) is 20.2 Å². The Kier molecular flexibility index (Phi) is 4.49. The van der Waals surface area contributed by atoms with Gasteiger partial charge in [0.15, 0.2) is 23.3 Å². The first-order valence-corrected chi connectivity index (χ1v) is 5.15. The van der Waals surface area contributed by atoms with Gasteiger partial charge in [0.05, 0.1) is 12.2 Å². The Bertz CT molecular complexity index is 402. The highest BCUT2D eigenvalue weighted by molar-refractivity contribution is 9.11. The average molecular weight is 299 g/mol. The lowest BCUT2D eigenvalue weighted by Gasteiger charge is -2.08. The molecular weight excluding hydrogens is 292 g/mol. The predicted molar refractivity (Wildman–Crippen MR) is 54.0 cm³/mol. The summed E-state index contributed by atoms with van der Waals surface area (Å²) in [5.74, 6) is -6.07. The molecule has 0 spiro atoms. The van der Waals surface area contributed by atoms with Crippen molar-refractivity contribution in [3.63, 3.8) is 0 Å². The van der Waals surface area contributed by atoms with Crippen LogP contribution in [0.2, 0.25) is 0 Å². The number of aliphatic hydroxyl groups is 1. The van der Waals surface area contributed by atoms with Crippen LogP contribution in [0.3, 0.4) is 0 Å². The number of rotatable bonds is 3. The highest BCUT2D eigenvalue weighted by Gasteiger charge is 2.23. The van der Waals surface area contributed by atoms with E-state index in [0.29, 0.717) is 0 Å². The van der Waals surface area contributed by atoms with Gasteiger partial charge in [-0.05, 0) is 11.4 Å². The van der Waals surface area contributed by atoms with E-state index in [4.69, 9.17) is 5.11 Å². The number of hydrogen-bond donors (Lipinski definition) is 1. The van der Waals surface area contributed by atoms with Gasteiger partial charge in [0.2, 0.25) is 0 Å². The van der Waals surface area contributed by atoms with Crippen molar-refractivity contribution in [3.05, 3.63) is 45.5 Å². The second-order valence-corrected chi connectivity index (χ2v) is 3.47. The van der Waals surface area contributed by atoms with E-state index in [1.165, 1.54) is 11.1 Å². The largest absolute Gasteiger partial charge is 0.391 e. The van der Waals surface area contributed by atoms with Gasteiger partial charge in [0.1, 0.15) is 0 Å². The summed E-state index contributed by atoms with van der Waals surface area (Å²) in [7, 11) is 0. The summed E-state index contributed by atoms with van der Waals surface area (Å²) in [4.78, 5) is 1.32. The number of aliphatic hydroxyl groups excluding tert-OH is 1. The minimum absolute atomic E-state index is 0.289. The van der Waals surface area contributed by atoms with Crippen LogP contribution < -0.4 is 0 Å². The van der Waals surface area contributed by atoms with Crippen molar-refractivity contribution < 1.29 is 22.7 Å². The molecule has 0 saturated heterocycles. The van der Waals surface area contributed by atoms with E-state index in [2.05, 4.69) is 15.9 Å². The second kappa shape index (κ2) is 5.45. The van der Waals surface area contributed by atoms with Gasteiger partial charge in [-0.2, -0.15) is 0 Å². The van der Waals surface area contributed by atoms with Crippen LogP contribution in [-0.2, 0) is 13.0 Å². The van der Waals surface area contributed by atoms with E-state index in [9.17, 15) is 17.6 Å². The highest BCUT2D eigenvalue weighted by Crippen LogP contribution is 2.24. The zero-order valence-corrected chi connectivity index (χ0v) is 9.49. The van der Waals surface area contributed by atoms with Gasteiger partial charge >= 0.3 is 0 Å². The molecule has 0 aliphatic rings. The number of allylic oxidation sites excluding steroid dienone is 1. The van der Waals surface area contributed by atoms with Gasteiger partial charge in [-0.1, -0.05) is 22.0 Å². The molecule has 6 heteroatoms. The minimum Gasteiger partial charge on any atom is -0.391 e. The summed E-state index contributed by atoms with van der Waals surface area (Å²) in [6.45, 7) is -1.10. The third kappa shape index (κ3) is 2.27. The SMILES string of the molecule is OCc1c(F)c(F)c(CC=CBr)c(F)c1F. The Morgan fingerprint density at radius 2 is 1.38 bits per heavy atom.